The predicted molar refractivity (Wildman–Crippen MR) is 43.5 cm³/mol. The molecule has 1 N–H and O–H groups in total. The lowest BCUT2D eigenvalue weighted by Crippen LogP contribution is -1.76. The Bertz CT molecular complexity index is 254. The second kappa shape index (κ2) is 4.22. The van der Waals surface area contributed by atoms with E-state index in [0.29, 0.717) is 0 Å². The summed E-state index contributed by atoms with van der Waals surface area (Å²) in [5.41, 5.74) is 0.840. The van der Waals surface area contributed by atoms with Crippen molar-refractivity contribution in [3.63, 3.8) is 0 Å². The molecule has 3 nitrogen and oxygen atoms in total. The summed E-state index contributed by atoms with van der Waals surface area (Å²) < 4.78 is 0. The van der Waals surface area contributed by atoms with Crippen molar-refractivity contribution in [1.29, 1.82) is 0 Å². The molecule has 1 heterocycles. The van der Waals surface area contributed by atoms with Crippen molar-refractivity contribution in [2.45, 2.75) is 0 Å². The number of oxime groups is 1. The molecule has 0 aliphatic carbocycles. The minimum atomic E-state index is 0.840. The van der Waals surface area contributed by atoms with E-state index < -0.39 is 0 Å². The monoisotopic (exact) mass is 148 g/mol. The van der Waals surface area contributed by atoms with Crippen molar-refractivity contribution < 1.29 is 5.21 Å². The Hall–Kier alpha value is -1.64. The number of hydrogen-bond donors (Lipinski definition) is 1. The van der Waals surface area contributed by atoms with Crippen LogP contribution in [-0.4, -0.2) is 16.4 Å². The van der Waals surface area contributed by atoms with Crippen molar-refractivity contribution in [1.82, 2.24) is 4.98 Å². The van der Waals surface area contributed by atoms with E-state index in [-0.39, 0.29) is 0 Å². The maximum atomic E-state index is 8.04. The third-order valence-electron chi connectivity index (χ3n) is 1.11. The summed E-state index contributed by atoms with van der Waals surface area (Å²) in [7, 11) is 0. The summed E-state index contributed by atoms with van der Waals surface area (Å²) in [6.45, 7) is 0. The molecule has 0 saturated carbocycles. The number of rotatable bonds is 2. The summed E-state index contributed by atoms with van der Waals surface area (Å²) >= 11 is 0. The summed E-state index contributed by atoms with van der Waals surface area (Å²) in [5, 5.41) is 10.9. The summed E-state index contributed by atoms with van der Waals surface area (Å²) in [5.74, 6) is 0. The molecule has 0 aliphatic heterocycles. The third-order valence-corrected chi connectivity index (χ3v) is 1.11. The van der Waals surface area contributed by atoms with Crippen molar-refractivity contribution in [3.05, 3.63) is 36.2 Å². The fraction of sp³-hybridized carbons (Fsp3) is 0. The van der Waals surface area contributed by atoms with E-state index in [1.807, 2.05) is 18.2 Å². The Kier molecular flexibility index (Phi) is 2.86. The number of aromatic nitrogens is 1. The van der Waals surface area contributed by atoms with Gasteiger partial charge in [-0.15, -0.1) is 0 Å². The molecule has 0 spiro atoms. The van der Waals surface area contributed by atoms with E-state index in [4.69, 9.17) is 5.21 Å². The lowest BCUT2D eigenvalue weighted by molar-refractivity contribution is 0.322. The fourth-order valence-corrected chi connectivity index (χ4v) is 0.655. The van der Waals surface area contributed by atoms with Gasteiger partial charge >= 0.3 is 0 Å². The Labute approximate surface area is 64.7 Å². The molecular weight excluding hydrogens is 140 g/mol. The van der Waals surface area contributed by atoms with Gasteiger partial charge in [0.25, 0.3) is 0 Å². The molecule has 3 heteroatoms. The Morgan fingerprint density at radius 1 is 1.45 bits per heavy atom. The van der Waals surface area contributed by atoms with Crippen LogP contribution in [0, 0.1) is 0 Å². The van der Waals surface area contributed by atoms with Gasteiger partial charge in [0.1, 0.15) is 0 Å². The largest absolute Gasteiger partial charge is 0.411 e. The minimum Gasteiger partial charge on any atom is -0.411 e. The van der Waals surface area contributed by atoms with Crippen molar-refractivity contribution in [2.75, 3.05) is 0 Å². The van der Waals surface area contributed by atoms with Gasteiger partial charge in [0.2, 0.25) is 0 Å². The summed E-state index contributed by atoms with van der Waals surface area (Å²) in [6, 6.07) is 5.60. The van der Waals surface area contributed by atoms with Crippen LogP contribution < -0.4 is 0 Å². The van der Waals surface area contributed by atoms with E-state index in [2.05, 4.69) is 10.1 Å². The standard InChI is InChI=1S/C8H8N2O/c11-10-7-3-5-8-4-1-2-6-9-8/h1-7,11H/b5-3+,10-7-. The van der Waals surface area contributed by atoms with Crippen LogP contribution in [0.25, 0.3) is 6.08 Å². The molecule has 0 aliphatic rings. The first kappa shape index (κ1) is 7.47. The van der Waals surface area contributed by atoms with Crippen LogP contribution in [0.4, 0.5) is 0 Å². The maximum Gasteiger partial charge on any atom is 0.0662 e. The smallest absolute Gasteiger partial charge is 0.0662 e. The van der Waals surface area contributed by atoms with Gasteiger partial charge < -0.3 is 5.21 Å². The fourth-order valence-electron chi connectivity index (χ4n) is 0.655. The molecule has 0 unspecified atom stereocenters. The molecule has 0 fully saturated rings. The highest BCUT2D eigenvalue weighted by molar-refractivity contribution is 5.76. The lowest BCUT2D eigenvalue weighted by atomic mass is 10.3. The predicted octanol–water partition coefficient (Wildman–Crippen LogP) is 1.55. The van der Waals surface area contributed by atoms with Crippen LogP contribution in [0.1, 0.15) is 5.69 Å². The average Bonchev–Trinajstić information content (AvgIpc) is 2.07. The number of nitrogens with zero attached hydrogens (tertiary/aromatic N) is 2. The zero-order chi connectivity index (χ0) is 7.94. The van der Waals surface area contributed by atoms with E-state index in [0.717, 1.165) is 5.69 Å². The Morgan fingerprint density at radius 2 is 2.36 bits per heavy atom. The number of allylic oxidation sites excluding steroid dienone is 1. The second-order valence-electron chi connectivity index (χ2n) is 1.88. The highest BCUT2D eigenvalue weighted by Gasteiger charge is 1.80. The maximum absolute atomic E-state index is 8.04. The lowest BCUT2D eigenvalue weighted by Gasteiger charge is -1.86. The first-order valence-corrected chi connectivity index (χ1v) is 3.18. The van der Waals surface area contributed by atoms with Crippen molar-refractivity contribution >= 4 is 12.3 Å². The van der Waals surface area contributed by atoms with Gasteiger partial charge in [0.15, 0.2) is 0 Å². The topological polar surface area (TPSA) is 45.5 Å². The van der Waals surface area contributed by atoms with Crippen molar-refractivity contribution in [2.24, 2.45) is 5.16 Å². The Morgan fingerprint density at radius 3 is 3.00 bits per heavy atom. The van der Waals surface area contributed by atoms with E-state index in [1.54, 1.807) is 18.3 Å². The van der Waals surface area contributed by atoms with Gasteiger partial charge in [-0.05, 0) is 24.3 Å². The number of pyridine rings is 1. The molecule has 0 amide bonds. The van der Waals surface area contributed by atoms with Gasteiger partial charge in [-0.2, -0.15) is 0 Å². The van der Waals surface area contributed by atoms with E-state index in [9.17, 15) is 0 Å². The highest BCUT2D eigenvalue weighted by atomic mass is 16.4. The summed E-state index contributed by atoms with van der Waals surface area (Å²) in [4.78, 5) is 4.02. The van der Waals surface area contributed by atoms with Crippen LogP contribution in [0.3, 0.4) is 0 Å². The molecule has 0 atom stereocenters. The Balaban J connectivity index is 2.64. The molecule has 0 radical (unpaired) electrons. The van der Waals surface area contributed by atoms with Crippen LogP contribution in [-0.2, 0) is 0 Å². The van der Waals surface area contributed by atoms with Crippen LogP contribution >= 0.6 is 0 Å². The normalized spacial score (nSPS) is 11.3. The first-order chi connectivity index (χ1) is 5.43. The van der Waals surface area contributed by atoms with Crippen molar-refractivity contribution in [3.8, 4) is 0 Å². The van der Waals surface area contributed by atoms with Crippen LogP contribution in [0.2, 0.25) is 0 Å². The highest BCUT2D eigenvalue weighted by Crippen LogP contribution is 1.94. The van der Waals surface area contributed by atoms with Gasteiger partial charge in [-0.3, -0.25) is 4.98 Å². The van der Waals surface area contributed by atoms with Crippen LogP contribution in [0.5, 0.6) is 0 Å². The quantitative estimate of drug-likeness (QED) is 0.393. The molecule has 0 aromatic carbocycles. The first-order valence-electron chi connectivity index (χ1n) is 3.18. The molecular formula is C8H8N2O. The second-order valence-corrected chi connectivity index (χ2v) is 1.88. The van der Waals surface area contributed by atoms with Gasteiger partial charge in [0.05, 0.1) is 11.9 Å². The van der Waals surface area contributed by atoms with Gasteiger partial charge in [-0.25, -0.2) is 0 Å². The molecule has 0 bridgehead atoms. The van der Waals surface area contributed by atoms with Gasteiger partial charge in [-0.1, -0.05) is 11.2 Å². The SMILES string of the molecule is O/N=C\C=C\c1ccccn1. The van der Waals surface area contributed by atoms with Gasteiger partial charge in [0, 0.05) is 6.20 Å². The summed E-state index contributed by atoms with van der Waals surface area (Å²) in [6.07, 6.45) is 6.35. The zero-order valence-electron chi connectivity index (χ0n) is 5.88. The number of hydrogen-bond acceptors (Lipinski definition) is 3. The van der Waals surface area contributed by atoms with Crippen LogP contribution in [0.15, 0.2) is 35.6 Å². The van der Waals surface area contributed by atoms with E-state index in [1.165, 1.54) is 6.21 Å². The molecule has 1 aromatic heterocycles. The zero-order valence-corrected chi connectivity index (χ0v) is 5.88. The average molecular weight is 148 g/mol. The minimum absolute atomic E-state index is 0.840. The van der Waals surface area contributed by atoms with E-state index >= 15 is 0 Å². The molecule has 1 rings (SSSR count). The molecule has 11 heavy (non-hydrogen) atoms. The molecule has 56 valence electrons. The third kappa shape index (κ3) is 2.62. The molecule has 1 aromatic rings. The molecule has 0 saturated heterocycles.